The summed E-state index contributed by atoms with van der Waals surface area (Å²) in [5.74, 6) is 0. The van der Waals surface area contributed by atoms with Crippen molar-refractivity contribution < 1.29 is 0 Å². The van der Waals surface area contributed by atoms with Gasteiger partial charge in [-0.2, -0.15) is 0 Å². The van der Waals surface area contributed by atoms with E-state index in [1.165, 1.54) is 83.5 Å². The SMILES string of the molecule is CCCCCCCCCCCCC(C)(CC)CC. The normalized spacial score (nSPS) is 12.0. The lowest BCUT2D eigenvalue weighted by molar-refractivity contribution is 0.261. The Hall–Kier alpha value is 0. The van der Waals surface area contributed by atoms with Gasteiger partial charge >= 0.3 is 0 Å². The first-order chi connectivity index (χ1) is 8.68. The molecule has 0 aliphatic carbocycles. The number of rotatable bonds is 13. The lowest BCUT2D eigenvalue weighted by Gasteiger charge is -2.26. The molecule has 0 aromatic rings. The molecule has 0 aliphatic rings. The summed E-state index contributed by atoms with van der Waals surface area (Å²) in [6.45, 7) is 9.45. The zero-order chi connectivity index (χ0) is 13.7. The van der Waals surface area contributed by atoms with Crippen LogP contribution in [0.25, 0.3) is 0 Å². The molecule has 0 saturated heterocycles. The summed E-state index contributed by atoms with van der Waals surface area (Å²) in [6.07, 6.45) is 18.7. The van der Waals surface area contributed by atoms with Crippen molar-refractivity contribution in [1.82, 2.24) is 0 Å². The minimum Gasteiger partial charge on any atom is -0.0654 e. The molecule has 0 spiro atoms. The molecule has 0 N–H and O–H groups in total. The standard InChI is InChI=1S/C18H38/c1-5-8-9-10-11-12-13-14-15-16-17-18(4,6-2)7-3/h5-17H2,1-4H3. The summed E-state index contributed by atoms with van der Waals surface area (Å²) in [5.41, 5.74) is 0.625. The monoisotopic (exact) mass is 254 g/mol. The molecule has 0 fully saturated rings. The Bertz CT molecular complexity index is 155. The Morgan fingerprint density at radius 1 is 0.556 bits per heavy atom. The van der Waals surface area contributed by atoms with Crippen LogP contribution in [0.15, 0.2) is 0 Å². The highest BCUT2D eigenvalue weighted by atomic mass is 14.2. The molecule has 0 unspecified atom stereocenters. The van der Waals surface area contributed by atoms with Gasteiger partial charge in [-0.1, -0.05) is 105 Å². The molecule has 110 valence electrons. The van der Waals surface area contributed by atoms with Crippen molar-refractivity contribution in [2.45, 2.75) is 111 Å². The third-order valence-electron chi connectivity index (χ3n) is 4.84. The van der Waals surface area contributed by atoms with E-state index in [0.717, 1.165) is 0 Å². The molecule has 0 amide bonds. The van der Waals surface area contributed by atoms with Gasteiger partial charge in [0.15, 0.2) is 0 Å². The number of hydrogen-bond donors (Lipinski definition) is 0. The molecule has 0 nitrogen and oxygen atoms in total. The van der Waals surface area contributed by atoms with Gasteiger partial charge in [0.1, 0.15) is 0 Å². The molecule has 0 aliphatic heterocycles. The van der Waals surface area contributed by atoms with E-state index in [1.54, 1.807) is 0 Å². The molecule has 0 bridgehead atoms. The first-order valence-electron chi connectivity index (χ1n) is 8.68. The molecule has 0 heterocycles. The average molecular weight is 255 g/mol. The Balaban J connectivity index is 3.21. The van der Waals surface area contributed by atoms with Gasteiger partial charge in [-0.15, -0.1) is 0 Å². The highest BCUT2D eigenvalue weighted by molar-refractivity contribution is 4.70. The third-order valence-corrected chi connectivity index (χ3v) is 4.84. The molecule has 0 aromatic carbocycles. The van der Waals surface area contributed by atoms with Crippen molar-refractivity contribution in [3.05, 3.63) is 0 Å². The average Bonchev–Trinajstić information content (AvgIpc) is 2.40. The molecule has 0 aromatic heterocycles. The lowest BCUT2D eigenvalue weighted by atomic mass is 9.80. The summed E-state index contributed by atoms with van der Waals surface area (Å²) < 4.78 is 0. The molecule has 0 atom stereocenters. The molecule has 0 rings (SSSR count). The fourth-order valence-electron chi connectivity index (χ4n) is 2.64. The van der Waals surface area contributed by atoms with Crippen molar-refractivity contribution in [1.29, 1.82) is 0 Å². The number of unbranched alkanes of at least 4 members (excludes halogenated alkanes) is 9. The fraction of sp³-hybridized carbons (Fsp3) is 1.00. The van der Waals surface area contributed by atoms with Crippen LogP contribution >= 0.6 is 0 Å². The van der Waals surface area contributed by atoms with Gasteiger partial charge in [0, 0.05) is 0 Å². The molecule has 0 radical (unpaired) electrons. The second-order valence-corrected chi connectivity index (χ2v) is 6.45. The predicted octanol–water partition coefficient (Wildman–Crippen LogP) is 7.12. The van der Waals surface area contributed by atoms with Crippen molar-refractivity contribution in [3.63, 3.8) is 0 Å². The van der Waals surface area contributed by atoms with Crippen LogP contribution in [-0.4, -0.2) is 0 Å². The first kappa shape index (κ1) is 18.0. The van der Waals surface area contributed by atoms with Crippen molar-refractivity contribution >= 4 is 0 Å². The topological polar surface area (TPSA) is 0 Å². The second-order valence-electron chi connectivity index (χ2n) is 6.45. The van der Waals surface area contributed by atoms with E-state index in [9.17, 15) is 0 Å². The third kappa shape index (κ3) is 9.97. The Morgan fingerprint density at radius 2 is 0.944 bits per heavy atom. The van der Waals surface area contributed by atoms with Gasteiger partial charge in [0.05, 0.1) is 0 Å². The van der Waals surface area contributed by atoms with E-state index in [-0.39, 0.29) is 0 Å². The quantitative estimate of drug-likeness (QED) is 0.307. The van der Waals surface area contributed by atoms with Crippen LogP contribution < -0.4 is 0 Å². The van der Waals surface area contributed by atoms with E-state index >= 15 is 0 Å². The minimum absolute atomic E-state index is 0.625. The Kier molecular flexibility index (Phi) is 12.1. The van der Waals surface area contributed by atoms with Crippen LogP contribution in [0.3, 0.4) is 0 Å². The van der Waals surface area contributed by atoms with Crippen molar-refractivity contribution in [2.24, 2.45) is 5.41 Å². The van der Waals surface area contributed by atoms with Gasteiger partial charge in [-0.05, 0) is 11.8 Å². The van der Waals surface area contributed by atoms with Gasteiger partial charge in [0.25, 0.3) is 0 Å². The summed E-state index contributed by atoms with van der Waals surface area (Å²) in [5, 5.41) is 0. The summed E-state index contributed by atoms with van der Waals surface area (Å²) >= 11 is 0. The van der Waals surface area contributed by atoms with Crippen molar-refractivity contribution in [2.75, 3.05) is 0 Å². The maximum atomic E-state index is 2.46. The number of hydrogen-bond acceptors (Lipinski definition) is 0. The van der Waals surface area contributed by atoms with Crippen LogP contribution in [0.4, 0.5) is 0 Å². The summed E-state index contributed by atoms with van der Waals surface area (Å²) in [7, 11) is 0. The van der Waals surface area contributed by atoms with E-state index in [1.807, 2.05) is 0 Å². The highest BCUT2D eigenvalue weighted by Gasteiger charge is 2.18. The van der Waals surface area contributed by atoms with E-state index < -0.39 is 0 Å². The Morgan fingerprint density at radius 3 is 1.33 bits per heavy atom. The Labute approximate surface area is 117 Å². The van der Waals surface area contributed by atoms with Gasteiger partial charge in [-0.3, -0.25) is 0 Å². The maximum absolute atomic E-state index is 2.46. The van der Waals surface area contributed by atoms with Crippen LogP contribution in [0, 0.1) is 5.41 Å². The molecular formula is C18H38. The maximum Gasteiger partial charge on any atom is -0.0331 e. The van der Waals surface area contributed by atoms with Gasteiger partial charge < -0.3 is 0 Å². The van der Waals surface area contributed by atoms with Gasteiger partial charge in [-0.25, -0.2) is 0 Å². The van der Waals surface area contributed by atoms with Crippen LogP contribution in [0.5, 0.6) is 0 Å². The predicted molar refractivity (Wildman–Crippen MR) is 85.2 cm³/mol. The molecular weight excluding hydrogens is 216 g/mol. The smallest absolute Gasteiger partial charge is 0.0331 e. The van der Waals surface area contributed by atoms with Gasteiger partial charge in [0.2, 0.25) is 0 Å². The van der Waals surface area contributed by atoms with Crippen LogP contribution in [0.1, 0.15) is 111 Å². The zero-order valence-electron chi connectivity index (χ0n) is 13.7. The van der Waals surface area contributed by atoms with E-state index in [0.29, 0.717) is 5.41 Å². The van der Waals surface area contributed by atoms with Crippen molar-refractivity contribution in [3.8, 4) is 0 Å². The van der Waals surface area contributed by atoms with E-state index in [4.69, 9.17) is 0 Å². The minimum atomic E-state index is 0.625. The summed E-state index contributed by atoms with van der Waals surface area (Å²) in [4.78, 5) is 0. The molecule has 0 saturated carbocycles. The summed E-state index contributed by atoms with van der Waals surface area (Å²) in [6, 6.07) is 0. The molecule has 0 heteroatoms. The highest BCUT2D eigenvalue weighted by Crippen LogP contribution is 2.31. The van der Waals surface area contributed by atoms with E-state index in [2.05, 4.69) is 27.7 Å². The zero-order valence-corrected chi connectivity index (χ0v) is 13.7. The van der Waals surface area contributed by atoms with Crippen LogP contribution in [-0.2, 0) is 0 Å². The lowest BCUT2D eigenvalue weighted by Crippen LogP contribution is -2.13. The largest absolute Gasteiger partial charge is 0.0654 e. The molecule has 18 heavy (non-hydrogen) atoms. The second kappa shape index (κ2) is 12.1. The first-order valence-corrected chi connectivity index (χ1v) is 8.68. The fourth-order valence-corrected chi connectivity index (χ4v) is 2.64. The van der Waals surface area contributed by atoms with Crippen LogP contribution in [0.2, 0.25) is 0 Å².